The third-order valence-electron chi connectivity index (χ3n) is 4.54. The first kappa shape index (κ1) is 21.9. The second-order valence-electron chi connectivity index (χ2n) is 7.02. The van der Waals surface area contributed by atoms with Crippen LogP contribution in [0.4, 0.5) is 4.79 Å². The molecule has 0 saturated heterocycles. The number of amides is 1. The fraction of sp³-hybridized carbons (Fsp3) is 0.500. The van der Waals surface area contributed by atoms with Gasteiger partial charge in [-0.3, -0.25) is 9.59 Å². The molecular weight excluding hydrogens is 384 g/mol. The van der Waals surface area contributed by atoms with Crippen LogP contribution in [0.15, 0.2) is 29.4 Å². The molecule has 28 heavy (non-hydrogen) atoms. The van der Waals surface area contributed by atoms with Gasteiger partial charge >= 0.3 is 12.1 Å². The number of carbonyl (C=O) groups excluding carboxylic acids is 3. The molecule has 0 heterocycles. The van der Waals surface area contributed by atoms with Crippen molar-refractivity contribution in [2.24, 2.45) is 11.0 Å². The highest BCUT2D eigenvalue weighted by atomic mass is 35.5. The minimum absolute atomic E-state index is 0.00463. The Morgan fingerprint density at radius 1 is 1.21 bits per heavy atom. The fourth-order valence-corrected chi connectivity index (χ4v) is 3.37. The van der Waals surface area contributed by atoms with E-state index in [9.17, 15) is 14.4 Å². The zero-order valence-electron chi connectivity index (χ0n) is 16.2. The van der Waals surface area contributed by atoms with Crippen LogP contribution in [0, 0.1) is 5.92 Å². The predicted octanol–water partition coefficient (Wildman–Crippen LogP) is 3.98. The summed E-state index contributed by atoms with van der Waals surface area (Å²) in [7, 11) is 0. The van der Waals surface area contributed by atoms with Gasteiger partial charge in [-0.05, 0) is 24.5 Å². The van der Waals surface area contributed by atoms with Crippen LogP contribution in [-0.2, 0) is 24.5 Å². The molecule has 1 saturated carbocycles. The lowest BCUT2D eigenvalue weighted by Gasteiger charge is -2.33. The van der Waals surface area contributed by atoms with Crippen LogP contribution in [0.25, 0.3) is 0 Å². The van der Waals surface area contributed by atoms with Crippen molar-refractivity contribution in [2.75, 3.05) is 0 Å². The lowest BCUT2D eigenvalue weighted by Crippen LogP contribution is -2.41. The number of hydrogen-bond donors (Lipinski definition) is 1. The van der Waals surface area contributed by atoms with E-state index in [0.29, 0.717) is 23.4 Å². The minimum Gasteiger partial charge on any atom is -0.425 e. The van der Waals surface area contributed by atoms with Gasteiger partial charge in [0.2, 0.25) is 6.29 Å². The lowest BCUT2D eigenvalue weighted by molar-refractivity contribution is -0.168. The van der Waals surface area contributed by atoms with E-state index < -0.39 is 23.8 Å². The summed E-state index contributed by atoms with van der Waals surface area (Å²) >= 11 is 6.32. The van der Waals surface area contributed by atoms with E-state index in [1.165, 1.54) is 13.1 Å². The molecule has 1 amide bonds. The van der Waals surface area contributed by atoms with Crippen LogP contribution in [-0.4, -0.2) is 30.4 Å². The zero-order chi connectivity index (χ0) is 20.7. The Bertz CT molecular complexity index is 765. The molecule has 0 spiro atoms. The Labute approximate surface area is 169 Å². The maximum absolute atomic E-state index is 12.8. The summed E-state index contributed by atoms with van der Waals surface area (Å²) in [6.45, 7) is 4.78. The standard InChI is InChI=1S/C20H25ClN2O5/c1-13(2)18(25)27-14(3)28-19(26)23-22-12-20(11-7-6-10-17(20)24)15-8-4-5-9-16(15)21/h4-5,8-9,12-14H,6-7,10-11H2,1-3H3,(H,23,26)/t14?,20-/m0/s1. The second kappa shape index (κ2) is 9.68. The number of esters is 1. The summed E-state index contributed by atoms with van der Waals surface area (Å²) in [4.78, 5) is 36.2. The molecular formula is C20H25ClN2O5. The maximum Gasteiger partial charge on any atom is 0.430 e. The molecule has 1 N–H and O–H groups in total. The highest BCUT2D eigenvalue weighted by Crippen LogP contribution is 2.38. The van der Waals surface area contributed by atoms with Crippen molar-refractivity contribution in [2.45, 2.75) is 58.2 Å². The Morgan fingerprint density at radius 3 is 2.57 bits per heavy atom. The molecule has 1 fully saturated rings. The number of halogens is 1. The average molecular weight is 409 g/mol. The summed E-state index contributed by atoms with van der Waals surface area (Å²) < 4.78 is 9.89. The highest BCUT2D eigenvalue weighted by Gasteiger charge is 2.41. The third kappa shape index (κ3) is 5.32. The van der Waals surface area contributed by atoms with Crippen molar-refractivity contribution in [3.8, 4) is 0 Å². The molecule has 1 aromatic carbocycles. The van der Waals surface area contributed by atoms with Gasteiger partial charge in [0.1, 0.15) is 5.78 Å². The maximum atomic E-state index is 12.8. The summed E-state index contributed by atoms with van der Waals surface area (Å²) in [6, 6.07) is 7.12. The van der Waals surface area contributed by atoms with Crippen molar-refractivity contribution in [3.05, 3.63) is 34.9 Å². The van der Waals surface area contributed by atoms with Gasteiger partial charge in [0.25, 0.3) is 0 Å². The number of hydrogen-bond acceptors (Lipinski definition) is 6. The number of nitrogens with zero attached hydrogens (tertiary/aromatic N) is 1. The van der Waals surface area contributed by atoms with E-state index in [-0.39, 0.29) is 11.7 Å². The van der Waals surface area contributed by atoms with Crippen molar-refractivity contribution in [1.82, 2.24) is 5.43 Å². The van der Waals surface area contributed by atoms with Crippen molar-refractivity contribution < 1.29 is 23.9 Å². The first-order valence-electron chi connectivity index (χ1n) is 9.26. The smallest absolute Gasteiger partial charge is 0.425 e. The van der Waals surface area contributed by atoms with Gasteiger partial charge in [-0.2, -0.15) is 5.10 Å². The summed E-state index contributed by atoms with van der Waals surface area (Å²) in [5.74, 6) is -0.806. The largest absolute Gasteiger partial charge is 0.430 e. The molecule has 7 nitrogen and oxygen atoms in total. The van der Waals surface area contributed by atoms with Gasteiger partial charge < -0.3 is 9.47 Å². The van der Waals surface area contributed by atoms with Crippen molar-refractivity contribution >= 4 is 35.7 Å². The topological polar surface area (TPSA) is 94.1 Å². The van der Waals surface area contributed by atoms with Crippen molar-refractivity contribution in [1.29, 1.82) is 0 Å². The summed E-state index contributed by atoms with van der Waals surface area (Å²) in [5.41, 5.74) is 1.90. The number of ketones is 1. The van der Waals surface area contributed by atoms with E-state index >= 15 is 0 Å². The van der Waals surface area contributed by atoms with Gasteiger partial charge in [0.15, 0.2) is 0 Å². The fourth-order valence-electron chi connectivity index (χ4n) is 3.06. The summed E-state index contributed by atoms with van der Waals surface area (Å²) in [5, 5.41) is 4.41. The number of benzene rings is 1. The van der Waals surface area contributed by atoms with E-state index in [4.69, 9.17) is 21.1 Å². The Hall–Kier alpha value is -2.41. The Kier molecular flexibility index (Phi) is 7.57. The Balaban J connectivity index is 2.08. The first-order valence-corrected chi connectivity index (χ1v) is 9.63. The molecule has 8 heteroatoms. The van der Waals surface area contributed by atoms with Crippen LogP contribution in [0.2, 0.25) is 5.02 Å². The van der Waals surface area contributed by atoms with Gasteiger partial charge in [-0.1, -0.05) is 50.1 Å². The number of Topliss-reactive ketones (excluding diaryl/α,β-unsaturated/α-hetero) is 1. The number of nitrogens with one attached hydrogen (secondary N) is 1. The molecule has 1 aliphatic carbocycles. The molecule has 0 radical (unpaired) electrons. The SMILES string of the molecule is CC(OC(=O)NN=C[C@]1(c2ccccc2Cl)CCCCC1=O)OC(=O)C(C)C. The molecule has 0 bridgehead atoms. The second-order valence-corrected chi connectivity index (χ2v) is 7.42. The number of rotatable bonds is 6. The van der Waals surface area contributed by atoms with Gasteiger partial charge in [0, 0.05) is 24.6 Å². The van der Waals surface area contributed by atoms with Gasteiger partial charge in [-0.15, -0.1) is 0 Å². The number of carbonyl (C=O) groups is 3. The molecule has 2 rings (SSSR count). The molecule has 1 aliphatic rings. The van der Waals surface area contributed by atoms with E-state index in [2.05, 4.69) is 10.5 Å². The third-order valence-corrected chi connectivity index (χ3v) is 4.87. The molecule has 152 valence electrons. The van der Waals surface area contributed by atoms with E-state index in [1.54, 1.807) is 32.0 Å². The average Bonchev–Trinajstić information content (AvgIpc) is 2.63. The molecule has 1 unspecified atom stereocenters. The van der Waals surface area contributed by atoms with Crippen molar-refractivity contribution in [3.63, 3.8) is 0 Å². The van der Waals surface area contributed by atoms with Crippen LogP contribution in [0.3, 0.4) is 0 Å². The predicted molar refractivity (Wildman–Crippen MR) is 105 cm³/mol. The Morgan fingerprint density at radius 2 is 1.93 bits per heavy atom. The van der Waals surface area contributed by atoms with Crippen LogP contribution < -0.4 is 5.43 Å². The van der Waals surface area contributed by atoms with Gasteiger partial charge in [-0.25, -0.2) is 10.2 Å². The van der Waals surface area contributed by atoms with Crippen LogP contribution >= 0.6 is 11.6 Å². The lowest BCUT2D eigenvalue weighted by atomic mass is 9.69. The minimum atomic E-state index is -1.06. The molecule has 1 aromatic rings. The van der Waals surface area contributed by atoms with Gasteiger partial charge in [0.05, 0.1) is 11.3 Å². The van der Waals surface area contributed by atoms with Crippen LogP contribution in [0.1, 0.15) is 52.0 Å². The highest BCUT2D eigenvalue weighted by molar-refractivity contribution is 6.32. The van der Waals surface area contributed by atoms with Crippen LogP contribution in [0.5, 0.6) is 0 Å². The monoisotopic (exact) mass is 408 g/mol. The van der Waals surface area contributed by atoms with E-state index in [1.807, 2.05) is 6.07 Å². The quantitative estimate of drug-likeness (QED) is 0.332. The molecule has 2 atom stereocenters. The number of hydrazone groups is 1. The molecule has 0 aromatic heterocycles. The first-order chi connectivity index (χ1) is 13.3. The molecule has 0 aliphatic heterocycles. The van der Waals surface area contributed by atoms with E-state index in [0.717, 1.165) is 12.8 Å². The number of ether oxygens (including phenoxy) is 2. The zero-order valence-corrected chi connectivity index (χ0v) is 17.0. The normalized spacial score (nSPS) is 20.8. The summed E-state index contributed by atoms with van der Waals surface area (Å²) in [6.07, 6.45) is 2.10.